The lowest BCUT2D eigenvalue weighted by Gasteiger charge is -2.06. The lowest BCUT2D eigenvalue weighted by molar-refractivity contribution is 0.578. The van der Waals surface area contributed by atoms with Gasteiger partial charge in [0.25, 0.3) is 0 Å². The van der Waals surface area contributed by atoms with Crippen molar-refractivity contribution in [3.63, 3.8) is 0 Å². The number of pyridine rings is 1. The predicted molar refractivity (Wildman–Crippen MR) is 71.5 cm³/mol. The summed E-state index contributed by atoms with van der Waals surface area (Å²) in [5.74, 6) is 1.36. The monoisotopic (exact) mass is 275 g/mol. The third-order valence-corrected chi connectivity index (χ3v) is 4.28. The summed E-state index contributed by atoms with van der Waals surface area (Å²) in [6.45, 7) is 0.452. The van der Waals surface area contributed by atoms with E-state index in [4.69, 9.17) is 5.73 Å². The van der Waals surface area contributed by atoms with E-state index in [-0.39, 0.29) is 4.90 Å². The van der Waals surface area contributed by atoms with Crippen molar-refractivity contribution in [3.05, 3.63) is 18.3 Å². The molecule has 0 saturated heterocycles. The van der Waals surface area contributed by atoms with Crippen LogP contribution in [0.15, 0.2) is 23.2 Å². The maximum atomic E-state index is 11.8. The van der Waals surface area contributed by atoms with Gasteiger partial charge in [0, 0.05) is 12.7 Å². The molecule has 0 unspecified atom stereocenters. The topological polar surface area (TPSA) is 85.1 Å². The van der Waals surface area contributed by atoms with Gasteiger partial charge in [0.1, 0.15) is 10.7 Å². The standard InChI is InChI=1S/C10H17N3O2S2/c1-16-7-3-2-6-13-17(14,15)9-4-5-10(11)12-8-9/h4-5,8,13H,2-3,6-7H2,1H3,(H2,11,12). The Morgan fingerprint density at radius 2 is 2.18 bits per heavy atom. The Labute approximate surface area is 106 Å². The van der Waals surface area contributed by atoms with Gasteiger partial charge in [-0.1, -0.05) is 0 Å². The molecule has 7 heteroatoms. The molecule has 0 spiro atoms. The molecule has 1 rings (SSSR count). The van der Waals surface area contributed by atoms with Gasteiger partial charge in [0.2, 0.25) is 10.0 Å². The summed E-state index contributed by atoms with van der Waals surface area (Å²) in [5.41, 5.74) is 5.40. The van der Waals surface area contributed by atoms with E-state index in [0.29, 0.717) is 12.4 Å². The number of thioether (sulfide) groups is 1. The molecule has 0 aliphatic rings. The van der Waals surface area contributed by atoms with Crippen molar-refractivity contribution in [1.82, 2.24) is 9.71 Å². The van der Waals surface area contributed by atoms with Crippen LogP contribution in [0.4, 0.5) is 5.82 Å². The maximum absolute atomic E-state index is 11.8. The van der Waals surface area contributed by atoms with Crippen LogP contribution in [0.25, 0.3) is 0 Å². The number of anilines is 1. The molecule has 0 saturated carbocycles. The van der Waals surface area contributed by atoms with E-state index in [1.165, 1.54) is 18.3 Å². The largest absolute Gasteiger partial charge is 0.384 e. The van der Waals surface area contributed by atoms with Gasteiger partial charge in [-0.3, -0.25) is 0 Å². The third-order valence-electron chi connectivity index (χ3n) is 2.14. The summed E-state index contributed by atoms with van der Waals surface area (Å²) in [7, 11) is -3.44. The minimum Gasteiger partial charge on any atom is -0.384 e. The Hall–Kier alpha value is -0.790. The molecule has 0 aliphatic heterocycles. The Morgan fingerprint density at radius 1 is 1.41 bits per heavy atom. The van der Waals surface area contributed by atoms with Gasteiger partial charge in [-0.25, -0.2) is 18.1 Å². The van der Waals surface area contributed by atoms with E-state index in [2.05, 4.69) is 9.71 Å². The number of hydrogen-bond acceptors (Lipinski definition) is 5. The molecule has 1 heterocycles. The van der Waals surface area contributed by atoms with E-state index < -0.39 is 10.0 Å². The molecule has 96 valence electrons. The highest BCUT2D eigenvalue weighted by molar-refractivity contribution is 7.98. The van der Waals surface area contributed by atoms with Gasteiger partial charge in [0.15, 0.2) is 0 Å². The first-order valence-electron chi connectivity index (χ1n) is 5.26. The van der Waals surface area contributed by atoms with Crippen LogP contribution in [0.3, 0.4) is 0 Å². The summed E-state index contributed by atoms with van der Waals surface area (Å²) in [4.78, 5) is 3.91. The summed E-state index contributed by atoms with van der Waals surface area (Å²) in [6.07, 6.45) is 5.13. The molecule has 1 aromatic rings. The first kappa shape index (κ1) is 14.3. The Morgan fingerprint density at radius 3 is 2.76 bits per heavy atom. The molecule has 0 fully saturated rings. The number of nitrogens with two attached hydrogens (primary N) is 1. The van der Waals surface area contributed by atoms with Crippen LogP contribution in [-0.2, 0) is 10.0 Å². The molecule has 0 aromatic carbocycles. The average molecular weight is 275 g/mol. The Bertz CT molecular complexity index is 431. The van der Waals surface area contributed by atoms with E-state index in [9.17, 15) is 8.42 Å². The summed E-state index contributed by atoms with van der Waals surface area (Å²) < 4.78 is 26.1. The SMILES string of the molecule is CSCCCCNS(=O)(=O)c1ccc(N)nc1. The number of nitrogens with one attached hydrogen (secondary N) is 1. The van der Waals surface area contributed by atoms with Crippen LogP contribution in [0, 0.1) is 0 Å². The van der Waals surface area contributed by atoms with Crippen molar-refractivity contribution in [1.29, 1.82) is 0 Å². The predicted octanol–water partition coefficient (Wildman–Crippen LogP) is 1.09. The number of nitrogen functional groups attached to an aromatic ring is 1. The van der Waals surface area contributed by atoms with Gasteiger partial charge in [0.05, 0.1) is 0 Å². The van der Waals surface area contributed by atoms with Gasteiger partial charge in [-0.05, 0) is 37.0 Å². The minimum atomic E-state index is -3.44. The number of nitrogens with zero attached hydrogens (tertiary/aromatic N) is 1. The molecule has 0 radical (unpaired) electrons. The molecule has 17 heavy (non-hydrogen) atoms. The first-order valence-corrected chi connectivity index (χ1v) is 8.14. The Kier molecular flexibility index (Phi) is 5.73. The molecule has 5 nitrogen and oxygen atoms in total. The highest BCUT2D eigenvalue weighted by Gasteiger charge is 2.12. The van der Waals surface area contributed by atoms with E-state index in [1.807, 2.05) is 6.26 Å². The van der Waals surface area contributed by atoms with Crippen LogP contribution in [0.2, 0.25) is 0 Å². The fourth-order valence-corrected chi connectivity index (χ4v) is 2.72. The third kappa shape index (κ3) is 4.93. The molecule has 1 aromatic heterocycles. The number of rotatable bonds is 7. The van der Waals surface area contributed by atoms with E-state index >= 15 is 0 Å². The number of unbranched alkanes of at least 4 members (excludes halogenated alkanes) is 1. The van der Waals surface area contributed by atoms with Gasteiger partial charge in [-0.2, -0.15) is 11.8 Å². The van der Waals surface area contributed by atoms with Crippen molar-refractivity contribution >= 4 is 27.6 Å². The molecule has 0 aliphatic carbocycles. The van der Waals surface area contributed by atoms with E-state index in [0.717, 1.165) is 18.6 Å². The summed E-state index contributed by atoms with van der Waals surface area (Å²) in [5, 5.41) is 0. The first-order chi connectivity index (χ1) is 8.06. The van der Waals surface area contributed by atoms with Crippen molar-refractivity contribution in [2.75, 3.05) is 24.3 Å². The molecule has 0 atom stereocenters. The summed E-state index contributed by atoms with van der Waals surface area (Å²) in [6, 6.07) is 2.93. The molecule has 0 bridgehead atoms. The fraction of sp³-hybridized carbons (Fsp3) is 0.500. The highest BCUT2D eigenvalue weighted by Crippen LogP contribution is 2.08. The lowest BCUT2D eigenvalue weighted by atomic mass is 10.3. The highest BCUT2D eigenvalue weighted by atomic mass is 32.2. The van der Waals surface area contributed by atoms with Crippen molar-refractivity contribution in [3.8, 4) is 0 Å². The Balaban J connectivity index is 2.48. The molecular formula is C10H17N3O2S2. The summed E-state index contributed by atoms with van der Waals surface area (Å²) >= 11 is 1.76. The second-order valence-electron chi connectivity index (χ2n) is 3.52. The zero-order chi connectivity index (χ0) is 12.7. The van der Waals surface area contributed by atoms with Crippen LogP contribution < -0.4 is 10.5 Å². The van der Waals surface area contributed by atoms with Crippen LogP contribution >= 0.6 is 11.8 Å². The van der Waals surface area contributed by atoms with Gasteiger partial charge < -0.3 is 5.73 Å². The smallest absolute Gasteiger partial charge is 0.242 e. The zero-order valence-electron chi connectivity index (χ0n) is 9.72. The van der Waals surface area contributed by atoms with Crippen LogP contribution in [0.1, 0.15) is 12.8 Å². The average Bonchev–Trinajstić information content (AvgIpc) is 2.29. The van der Waals surface area contributed by atoms with Crippen molar-refractivity contribution < 1.29 is 8.42 Å². The maximum Gasteiger partial charge on any atom is 0.242 e. The molecular weight excluding hydrogens is 258 g/mol. The second-order valence-corrected chi connectivity index (χ2v) is 6.27. The molecule has 3 N–H and O–H groups in total. The number of hydrogen-bond donors (Lipinski definition) is 2. The van der Waals surface area contributed by atoms with Crippen molar-refractivity contribution in [2.24, 2.45) is 0 Å². The zero-order valence-corrected chi connectivity index (χ0v) is 11.4. The normalized spacial score (nSPS) is 11.6. The second kappa shape index (κ2) is 6.83. The van der Waals surface area contributed by atoms with Crippen LogP contribution in [-0.4, -0.2) is 32.0 Å². The van der Waals surface area contributed by atoms with Crippen molar-refractivity contribution in [2.45, 2.75) is 17.7 Å². The molecule has 0 amide bonds. The van der Waals surface area contributed by atoms with Crippen LogP contribution in [0.5, 0.6) is 0 Å². The van der Waals surface area contributed by atoms with Gasteiger partial charge >= 0.3 is 0 Å². The quantitative estimate of drug-likeness (QED) is 0.727. The van der Waals surface area contributed by atoms with E-state index in [1.54, 1.807) is 11.8 Å². The fourth-order valence-electron chi connectivity index (χ4n) is 1.21. The lowest BCUT2D eigenvalue weighted by Crippen LogP contribution is -2.25. The van der Waals surface area contributed by atoms with Gasteiger partial charge in [-0.15, -0.1) is 0 Å². The number of aromatic nitrogens is 1. The number of sulfonamides is 1. The minimum absolute atomic E-state index is 0.150.